The van der Waals surface area contributed by atoms with Gasteiger partial charge in [0.05, 0.1) is 17.9 Å². The topological polar surface area (TPSA) is 65.4 Å². The van der Waals surface area contributed by atoms with Crippen LogP contribution in [-0.4, -0.2) is 35.0 Å². The Bertz CT molecular complexity index is 540. The van der Waals surface area contributed by atoms with E-state index in [0.717, 1.165) is 20.4 Å². The number of anilines is 1. The first kappa shape index (κ1) is 13.7. The fraction of sp³-hybridized carbons (Fsp3) is 0.417. The Kier molecular flexibility index (Phi) is 4.21. The summed E-state index contributed by atoms with van der Waals surface area (Å²) in [5, 5.41) is 24.8. The molecule has 0 spiro atoms. The first-order chi connectivity index (χ1) is 8.59. The van der Waals surface area contributed by atoms with Gasteiger partial charge in [-0.25, -0.2) is 4.98 Å². The van der Waals surface area contributed by atoms with Crippen LogP contribution in [0.25, 0.3) is 10.1 Å². The highest BCUT2D eigenvalue weighted by molar-refractivity contribution is 9.10. The van der Waals surface area contributed by atoms with Crippen molar-refractivity contribution in [1.29, 1.82) is 0 Å². The first-order valence-electron chi connectivity index (χ1n) is 5.57. The van der Waals surface area contributed by atoms with Gasteiger partial charge in [0.1, 0.15) is 5.82 Å². The second-order valence-electron chi connectivity index (χ2n) is 4.60. The maximum atomic E-state index is 9.26. The summed E-state index contributed by atoms with van der Waals surface area (Å²) in [5.41, 5.74) is -0.543. The predicted molar refractivity (Wildman–Crippen MR) is 78.1 cm³/mol. The fourth-order valence-corrected chi connectivity index (χ4v) is 2.96. The summed E-state index contributed by atoms with van der Waals surface area (Å²) < 4.78 is 2.04. The number of rotatable bonds is 5. The van der Waals surface area contributed by atoms with Gasteiger partial charge in [0.15, 0.2) is 0 Å². The molecule has 0 unspecified atom stereocenters. The molecule has 0 aliphatic carbocycles. The van der Waals surface area contributed by atoms with Crippen molar-refractivity contribution in [1.82, 2.24) is 4.98 Å². The SMILES string of the molecule is CC(CO)(CO)CNc1ncc(Br)c2ccsc12. The number of halogens is 1. The molecule has 6 heteroatoms. The van der Waals surface area contributed by atoms with E-state index in [1.54, 1.807) is 17.5 Å². The van der Waals surface area contributed by atoms with E-state index in [1.165, 1.54) is 0 Å². The van der Waals surface area contributed by atoms with Crippen molar-refractivity contribution in [2.45, 2.75) is 6.92 Å². The third-order valence-corrected chi connectivity index (χ3v) is 4.44. The quantitative estimate of drug-likeness (QED) is 0.787. The summed E-state index contributed by atoms with van der Waals surface area (Å²) in [5.74, 6) is 0.788. The van der Waals surface area contributed by atoms with Gasteiger partial charge in [-0.2, -0.15) is 0 Å². The zero-order valence-corrected chi connectivity index (χ0v) is 12.4. The maximum absolute atomic E-state index is 9.26. The Morgan fingerprint density at radius 1 is 1.44 bits per heavy atom. The van der Waals surface area contributed by atoms with Crippen molar-refractivity contribution < 1.29 is 10.2 Å². The standard InChI is InChI=1S/C12H15BrN2O2S/c1-12(6-16,7-17)5-15-11-10-8(2-3-18-10)9(13)4-14-11/h2-4,16-17H,5-7H2,1H3,(H,14,15). The number of fused-ring (bicyclic) bond motifs is 1. The normalized spacial score (nSPS) is 12.0. The molecule has 2 rings (SSSR count). The van der Waals surface area contributed by atoms with E-state index in [4.69, 9.17) is 0 Å². The molecular formula is C12H15BrN2O2S. The minimum absolute atomic E-state index is 0.0688. The van der Waals surface area contributed by atoms with Gasteiger partial charge in [-0.3, -0.25) is 0 Å². The van der Waals surface area contributed by atoms with E-state index >= 15 is 0 Å². The summed E-state index contributed by atoms with van der Waals surface area (Å²) in [6, 6.07) is 2.04. The van der Waals surface area contributed by atoms with Crippen LogP contribution in [0, 0.1) is 5.41 Å². The van der Waals surface area contributed by atoms with Crippen molar-refractivity contribution in [3.8, 4) is 0 Å². The highest BCUT2D eigenvalue weighted by Gasteiger charge is 2.22. The largest absolute Gasteiger partial charge is 0.396 e. The Balaban J connectivity index is 2.22. The Labute approximate surface area is 118 Å². The molecule has 0 fully saturated rings. The maximum Gasteiger partial charge on any atom is 0.144 e. The molecule has 0 aliphatic heterocycles. The van der Waals surface area contributed by atoms with Crippen molar-refractivity contribution in [3.05, 3.63) is 22.1 Å². The molecule has 2 aromatic heterocycles. The molecule has 0 aromatic carbocycles. The molecule has 0 saturated heterocycles. The van der Waals surface area contributed by atoms with Crippen molar-refractivity contribution >= 4 is 43.2 Å². The van der Waals surface area contributed by atoms with Gasteiger partial charge in [-0.1, -0.05) is 6.92 Å². The van der Waals surface area contributed by atoms with Crippen LogP contribution in [0.5, 0.6) is 0 Å². The van der Waals surface area contributed by atoms with E-state index in [2.05, 4.69) is 26.2 Å². The fourth-order valence-electron chi connectivity index (χ4n) is 1.51. The van der Waals surface area contributed by atoms with Crippen molar-refractivity contribution in [2.75, 3.05) is 25.1 Å². The van der Waals surface area contributed by atoms with Gasteiger partial charge in [0.2, 0.25) is 0 Å². The lowest BCUT2D eigenvalue weighted by Gasteiger charge is -2.25. The van der Waals surface area contributed by atoms with Crippen molar-refractivity contribution in [2.24, 2.45) is 5.41 Å². The van der Waals surface area contributed by atoms with Gasteiger partial charge in [0, 0.05) is 28.0 Å². The van der Waals surface area contributed by atoms with Crippen LogP contribution in [0.1, 0.15) is 6.92 Å². The summed E-state index contributed by atoms with van der Waals surface area (Å²) in [6.45, 7) is 2.16. The smallest absolute Gasteiger partial charge is 0.144 e. The second-order valence-corrected chi connectivity index (χ2v) is 6.37. The van der Waals surface area contributed by atoms with Gasteiger partial charge < -0.3 is 15.5 Å². The lowest BCUT2D eigenvalue weighted by atomic mass is 9.93. The van der Waals surface area contributed by atoms with Gasteiger partial charge >= 0.3 is 0 Å². The average Bonchev–Trinajstić information content (AvgIpc) is 2.88. The summed E-state index contributed by atoms with van der Waals surface area (Å²) in [7, 11) is 0. The van der Waals surface area contributed by atoms with E-state index in [9.17, 15) is 10.2 Å². The number of hydrogen-bond acceptors (Lipinski definition) is 5. The third kappa shape index (κ3) is 2.66. The van der Waals surface area contributed by atoms with Crippen LogP contribution < -0.4 is 5.32 Å². The summed E-state index contributed by atoms with van der Waals surface area (Å²) in [6.07, 6.45) is 1.76. The van der Waals surface area contributed by atoms with Crippen LogP contribution in [-0.2, 0) is 0 Å². The lowest BCUT2D eigenvalue weighted by molar-refractivity contribution is 0.0806. The summed E-state index contributed by atoms with van der Waals surface area (Å²) >= 11 is 5.08. The van der Waals surface area contributed by atoms with Crippen LogP contribution in [0.3, 0.4) is 0 Å². The molecule has 0 saturated carbocycles. The molecule has 98 valence electrons. The van der Waals surface area contributed by atoms with Crippen LogP contribution in [0.2, 0.25) is 0 Å². The number of nitrogens with zero attached hydrogens (tertiary/aromatic N) is 1. The van der Waals surface area contributed by atoms with E-state index in [-0.39, 0.29) is 13.2 Å². The molecule has 2 heterocycles. The molecule has 2 aromatic rings. The number of thiophene rings is 1. The van der Waals surface area contributed by atoms with E-state index in [0.29, 0.717) is 6.54 Å². The third-order valence-electron chi connectivity index (χ3n) is 2.89. The van der Waals surface area contributed by atoms with Crippen molar-refractivity contribution in [3.63, 3.8) is 0 Å². The first-order valence-corrected chi connectivity index (χ1v) is 7.24. The van der Waals surface area contributed by atoms with E-state index in [1.807, 2.05) is 18.4 Å². The highest BCUT2D eigenvalue weighted by atomic mass is 79.9. The zero-order valence-electron chi connectivity index (χ0n) is 9.98. The molecule has 3 N–H and O–H groups in total. The monoisotopic (exact) mass is 330 g/mol. The molecule has 18 heavy (non-hydrogen) atoms. The Morgan fingerprint density at radius 2 is 2.17 bits per heavy atom. The van der Waals surface area contributed by atoms with E-state index < -0.39 is 5.41 Å². The number of aliphatic hydroxyl groups is 2. The number of nitrogens with one attached hydrogen (secondary N) is 1. The Hall–Kier alpha value is -0.690. The Morgan fingerprint density at radius 3 is 2.83 bits per heavy atom. The molecule has 0 aliphatic rings. The molecule has 0 atom stereocenters. The number of hydrogen-bond donors (Lipinski definition) is 3. The number of aromatic nitrogens is 1. The average molecular weight is 331 g/mol. The van der Waals surface area contributed by atoms with Gasteiger partial charge in [0.25, 0.3) is 0 Å². The summed E-state index contributed by atoms with van der Waals surface area (Å²) in [4.78, 5) is 4.34. The molecule has 4 nitrogen and oxygen atoms in total. The predicted octanol–water partition coefficient (Wildman–Crippen LogP) is 2.46. The van der Waals surface area contributed by atoms with Gasteiger partial charge in [-0.05, 0) is 27.4 Å². The van der Waals surface area contributed by atoms with Crippen LogP contribution in [0.4, 0.5) is 5.82 Å². The second kappa shape index (κ2) is 5.52. The highest BCUT2D eigenvalue weighted by Crippen LogP contribution is 2.32. The minimum Gasteiger partial charge on any atom is -0.396 e. The number of pyridine rings is 1. The molecule has 0 bridgehead atoms. The van der Waals surface area contributed by atoms with Crippen LogP contribution in [0.15, 0.2) is 22.1 Å². The number of aliphatic hydroxyl groups excluding tert-OH is 2. The van der Waals surface area contributed by atoms with Gasteiger partial charge in [-0.15, -0.1) is 11.3 Å². The molecule has 0 radical (unpaired) electrons. The molecule has 0 amide bonds. The minimum atomic E-state index is -0.543. The molecular weight excluding hydrogens is 316 g/mol. The lowest BCUT2D eigenvalue weighted by Crippen LogP contribution is -2.34. The van der Waals surface area contributed by atoms with Crippen LogP contribution >= 0.6 is 27.3 Å². The zero-order chi connectivity index (χ0) is 13.2.